The van der Waals surface area contributed by atoms with Gasteiger partial charge in [0, 0.05) is 0 Å². The highest BCUT2D eigenvalue weighted by atomic mass is 16.6. The second-order valence-electron chi connectivity index (χ2n) is 7.36. The van der Waals surface area contributed by atoms with Gasteiger partial charge in [-0.15, -0.1) is 0 Å². The summed E-state index contributed by atoms with van der Waals surface area (Å²) >= 11 is 0. The maximum atomic E-state index is 12.2. The summed E-state index contributed by atoms with van der Waals surface area (Å²) in [7, 11) is 0. The highest BCUT2D eigenvalue weighted by Crippen LogP contribution is 2.40. The average Bonchev–Trinajstić information content (AvgIpc) is 2.37. The lowest BCUT2D eigenvalue weighted by atomic mass is 9.71. The summed E-state index contributed by atoms with van der Waals surface area (Å²) in [6.45, 7) is 10.2. The van der Waals surface area contributed by atoms with Crippen molar-refractivity contribution in [2.24, 2.45) is 11.3 Å². The molecule has 0 N–H and O–H groups in total. The quantitative estimate of drug-likeness (QED) is 0.571. The Balaban J connectivity index is 2.46. The Hall–Kier alpha value is -1.06. The van der Waals surface area contributed by atoms with Crippen LogP contribution in [0.5, 0.6) is 0 Å². The van der Waals surface area contributed by atoms with Crippen LogP contribution in [0.3, 0.4) is 0 Å². The lowest BCUT2D eigenvalue weighted by molar-refractivity contribution is -0.166. The van der Waals surface area contributed by atoms with Gasteiger partial charge in [-0.25, -0.2) is 0 Å². The molecular formula is C17H30O4. The molecule has 0 radical (unpaired) electrons. The third-order valence-corrected chi connectivity index (χ3v) is 4.05. The topological polar surface area (TPSA) is 52.6 Å². The van der Waals surface area contributed by atoms with E-state index in [9.17, 15) is 9.59 Å². The Morgan fingerprint density at radius 2 is 1.76 bits per heavy atom. The van der Waals surface area contributed by atoms with Gasteiger partial charge in [0.15, 0.2) is 0 Å². The predicted octanol–water partition coefficient (Wildman–Crippen LogP) is 3.87. The fourth-order valence-electron chi connectivity index (χ4n) is 2.56. The van der Waals surface area contributed by atoms with Crippen LogP contribution in [-0.4, -0.2) is 24.1 Å². The molecule has 0 bridgehead atoms. The summed E-state index contributed by atoms with van der Waals surface area (Å²) in [5, 5.41) is 0. The van der Waals surface area contributed by atoms with Gasteiger partial charge < -0.3 is 9.47 Å². The van der Waals surface area contributed by atoms with Gasteiger partial charge in [0.05, 0.1) is 17.9 Å². The van der Waals surface area contributed by atoms with Crippen LogP contribution in [0.4, 0.5) is 0 Å². The number of unbranched alkanes of at least 4 members (excludes halogenated alkanes) is 1. The number of carbonyl (C=O) groups is 2. The Kier molecular flexibility index (Phi) is 6.24. The molecule has 0 aromatic heterocycles. The first-order valence-electron chi connectivity index (χ1n) is 8.08. The summed E-state index contributed by atoms with van der Waals surface area (Å²) in [6, 6.07) is 0. The second kappa shape index (κ2) is 7.28. The molecule has 4 nitrogen and oxygen atoms in total. The van der Waals surface area contributed by atoms with Crippen LogP contribution in [0.2, 0.25) is 0 Å². The Labute approximate surface area is 128 Å². The van der Waals surface area contributed by atoms with Crippen molar-refractivity contribution in [1.29, 1.82) is 0 Å². The van der Waals surface area contributed by atoms with E-state index in [0.717, 1.165) is 12.8 Å². The second-order valence-corrected chi connectivity index (χ2v) is 7.36. The summed E-state index contributed by atoms with van der Waals surface area (Å²) in [6.07, 6.45) is 4.72. The van der Waals surface area contributed by atoms with Crippen LogP contribution in [-0.2, 0) is 19.1 Å². The monoisotopic (exact) mass is 298 g/mol. The molecule has 0 aliphatic heterocycles. The van der Waals surface area contributed by atoms with Crippen LogP contribution >= 0.6 is 0 Å². The zero-order chi connectivity index (χ0) is 16.1. The van der Waals surface area contributed by atoms with Crippen LogP contribution in [0.1, 0.15) is 73.1 Å². The molecule has 1 aliphatic rings. The van der Waals surface area contributed by atoms with Gasteiger partial charge in [0.25, 0.3) is 0 Å². The van der Waals surface area contributed by atoms with Crippen LogP contribution < -0.4 is 0 Å². The van der Waals surface area contributed by atoms with Gasteiger partial charge >= 0.3 is 11.9 Å². The van der Waals surface area contributed by atoms with Crippen molar-refractivity contribution in [3.8, 4) is 0 Å². The van der Waals surface area contributed by atoms with E-state index in [4.69, 9.17) is 9.47 Å². The first-order valence-corrected chi connectivity index (χ1v) is 8.08. The average molecular weight is 298 g/mol. The van der Waals surface area contributed by atoms with Crippen LogP contribution in [0.25, 0.3) is 0 Å². The smallest absolute Gasteiger partial charge is 0.311 e. The van der Waals surface area contributed by atoms with Gasteiger partial charge in [-0.05, 0) is 59.8 Å². The summed E-state index contributed by atoms with van der Waals surface area (Å²) in [4.78, 5) is 24.2. The van der Waals surface area contributed by atoms with Crippen molar-refractivity contribution in [2.75, 3.05) is 6.61 Å². The van der Waals surface area contributed by atoms with Gasteiger partial charge in [0.2, 0.25) is 0 Å². The number of esters is 2. The first-order chi connectivity index (χ1) is 9.68. The van der Waals surface area contributed by atoms with E-state index in [1.165, 1.54) is 0 Å². The van der Waals surface area contributed by atoms with Gasteiger partial charge in [-0.1, -0.05) is 13.3 Å². The lowest BCUT2D eigenvalue weighted by Gasteiger charge is -2.35. The lowest BCUT2D eigenvalue weighted by Crippen LogP contribution is -2.38. The van der Waals surface area contributed by atoms with Crippen molar-refractivity contribution in [3.63, 3.8) is 0 Å². The third kappa shape index (κ3) is 5.68. The number of hydrogen-bond acceptors (Lipinski definition) is 4. The number of hydrogen-bond donors (Lipinski definition) is 0. The van der Waals surface area contributed by atoms with E-state index in [1.807, 2.05) is 27.7 Å². The molecule has 1 rings (SSSR count). The highest BCUT2D eigenvalue weighted by molar-refractivity contribution is 5.78. The molecular weight excluding hydrogens is 268 g/mol. The van der Waals surface area contributed by atoms with Crippen LogP contribution in [0.15, 0.2) is 0 Å². The Morgan fingerprint density at radius 1 is 1.19 bits per heavy atom. The first kappa shape index (κ1) is 18.0. The molecule has 1 fully saturated rings. The highest BCUT2D eigenvalue weighted by Gasteiger charge is 2.41. The normalized spacial score (nSPS) is 26.2. The SMILES string of the molecule is CCCCOC(=O)C1(C)CCC(C(=O)OC(C)(C)C)CC1. The minimum Gasteiger partial charge on any atom is -0.465 e. The van der Waals surface area contributed by atoms with E-state index in [2.05, 4.69) is 6.92 Å². The number of rotatable bonds is 5. The molecule has 4 heteroatoms. The summed E-state index contributed by atoms with van der Waals surface area (Å²) in [5.74, 6) is -0.330. The molecule has 1 aliphatic carbocycles. The largest absolute Gasteiger partial charge is 0.465 e. The van der Waals surface area contributed by atoms with Crippen molar-refractivity contribution in [3.05, 3.63) is 0 Å². The fourth-order valence-corrected chi connectivity index (χ4v) is 2.56. The zero-order valence-corrected chi connectivity index (χ0v) is 14.2. The zero-order valence-electron chi connectivity index (χ0n) is 14.2. The molecule has 21 heavy (non-hydrogen) atoms. The molecule has 1 saturated carbocycles. The third-order valence-electron chi connectivity index (χ3n) is 4.05. The van der Waals surface area contributed by atoms with E-state index < -0.39 is 11.0 Å². The molecule has 0 atom stereocenters. The summed E-state index contributed by atoms with van der Waals surface area (Å²) < 4.78 is 10.8. The predicted molar refractivity (Wildman–Crippen MR) is 81.8 cm³/mol. The standard InChI is InChI=1S/C17H30O4/c1-6-7-12-20-15(19)17(5)10-8-13(9-11-17)14(18)21-16(2,3)4/h13H,6-12H2,1-5H3. The molecule has 0 aromatic rings. The minimum atomic E-state index is -0.448. The summed E-state index contributed by atoms with van der Waals surface area (Å²) in [5.41, 5.74) is -0.886. The van der Waals surface area contributed by atoms with E-state index in [1.54, 1.807) is 0 Å². The maximum absolute atomic E-state index is 12.2. The van der Waals surface area contributed by atoms with Crippen molar-refractivity contribution >= 4 is 11.9 Å². The van der Waals surface area contributed by atoms with E-state index >= 15 is 0 Å². The van der Waals surface area contributed by atoms with Crippen molar-refractivity contribution < 1.29 is 19.1 Å². The molecule has 122 valence electrons. The molecule has 0 aromatic carbocycles. The minimum absolute atomic E-state index is 0.0826. The van der Waals surface area contributed by atoms with Gasteiger partial charge in [-0.3, -0.25) is 9.59 Å². The van der Waals surface area contributed by atoms with E-state index in [-0.39, 0.29) is 17.9 Å². The maximum Gasteiger partial charge on any atom is 0.311 e. The molecule has 0 amide bonds. The molecule has 0 saturated heterocycles. The van der Waals surface area contributed by atoms with Gasteiger partial charge in [-0.2, -0.15) is 0 Å². The van der Waals surface area contributed by atoms with E-state index in [0.29, 0.717) is 32.3 Å². The number of ether oxygens (including phenoxy) is 2. The molecule has 0 heterocycles. The Bertz CT molecular complexity index is 359. The fraction of sp³-hybridized carbons (Fsp3) is 0.882. The van der Waals surface area contributed by atoms with Gasteiger partial charge in [0.1, 0.15) is 5.60 Å². The molecule has 0 unspecified atom stereocenters. The van der Waals surface area contributed by atoms with Crippen molar-refractivity contribution in [1.82, 2.24) is 0 Å². The van der Waals surface area contributed by atoms with Crippen molar-refractivity contribution in [2.45, 2.75) is 78.7 Å². The van der Waals surface area contributed by atoms with Crippen LogP contribution in [0, 0.1) is 11.3 Å². The molecule has 0 spiro atoms. The number of carbonyl (C=O) groups excluding carboxylic acids is 2. The Morgan fingerprint density at radius 3 is 2.24 bits per heavy atom.